The first kappa shape index (κ1) is 11.8. The molecule has 82 valence electrons. The molecule has 0 saturated heterocycles. The number of benzene rings is 1. The molecule has 0 spiro atoms. The highest BCUT2D eigenvalue weighted by molar-refractivity contribution is 9.10. The van der Waals surface area contributed by atoms with Crippen molar-refractivity contribution >= 4 is 45.3 Å². The molecular formula is C10H7BrN2OS2. The number of hydrogen-bond acceptors (Lipinski definition) is 5. The third-order valence-corrected chi connectivity index (χ3v) is 4.68. The molecule has 0 aliphatic carbocycles. The Balaban J connectivity index is 2.25. The summed E-state index contributed by atoms with van der Waals surface area (Å²) >= 11 is 6.52. The van der Waals surface area contributed by atoms with E-state index in [-0.39, 0.29) is 0 Å². The maximum absolute atomic E-state index is 10.6. The molecule has 0 fully saturated rings. The van der Waals surface area contributed by atoms with E-state index in [0.29, 0.717) is 5.56 Å². The predicted molar refractivity (Wildman–Crippen MR) is 68.3 cm³/mol. The van der Waals surface area contributed by atoms with Crippen molar-refractivity contribution in [3.8, 4) is 0 Å². The molecule has 3 nitrogen and oxygen atoms in total. The second-order valence-corrected chi connectivity index (χ2v) is 6.32. The highest BCUT2D eigenvalue weighted by Crippen LogP contribution is 2.35. The number of hydrogen-bond donors (Lipinski definition) is 0. The summed E-state index contributed by atoms with van der Waals surface area (Å²) in [6.07, 6.45) is 0.828. The number of nitrogens with zero attached hydrogens (tertiary/aromatic N) is 2. The molecule has 0 radical (unpaired) electrons. The number of aryl methyl sites for hydroxylation is 1. The maximum Gasteiger partial charge on any atom is 0.179 e. The van der Waals surface area contributed by atoms with Gasteiger partial charge in [-0.05, 0) is 35.0 Å². The van der Waals surface area contributed by atoms with Gasteiger partial charge < -0.3 is 0 Å². The summed E-state index contributed by atoms with van der Waals surface area (Å²) in [6, 6.07) is 5.48. The third kappa shape index (κ3) is 2.69. The van der Waals surface area contributed by atoms with Crippen molar-refractivity contribution in [2.24, 2.45) is 0 Å². The third-order valence-electron chi connectivity index (χ3n) is 1.80. The summed E-state index contributed by atoms with van der Waals surface area (Å²) < 4.78 is 1.80. The Kier molecular flexibility index (Phi) is 3.73. The number of carbonyl (C=O) groups is 1. The van der Waals surface area contributed by atoms with Crippen LogP contribution in [0.3, 0.4) is 0 Å². The van der Waals surface area contributed by atoms with Gasteiger partial charge in [0.1, 0.15) is 11.3 Å². The van der Waals surface area contributed by atoms with Gasteiger partial charge in [0.05, 0.1) is 0 Å². The first-order valence-corrected chi connectivity index (χ1v) is 6.84. The van der Waals surface area contributed by atoms with Crippen molar-refractivity contribution in [1.29, 1.82) is 0 Å². The number of aromatic nitrogens is 2. The summed E-state index contributed by atoms with van der Waals surface area (Å²) in [5.41, 5.74) is 0.657. The zero-order valence-corrected chi connectivity index (χ0v) is 11.5. The van der Waals surface area contributed by atoms with Gasteiger partial charge in [-0.15, -0.1) is 10.2 Å². The van der Waals surface area contributed by atoms with E-state index in [1.807, 2.05) is 13.0 Å². The molecule has 2 aromatic rings. The quantitative estimate of drug-likeness (QED) is 0.812. The van der Waals surface area contributed by atoms with E-state index in [0.717, 1.165) is 25.0 Å². The highest BCUT2D eigenvalue weighted by Gasteiger charge is 2.07. The van der Waals surface area contributed by atoms with E-state index >= 15 is 0 Å². The van der Waals surface area contributed by atoms with Crippen molar-refractivity contribution in [2.45, 2.75) is 16.2 Å². The van der Waals surface area contributed by atoms with Crippen LogP contribution in [-0.2, 0) is 0 Å². The lowest BCUT2D eigenvalue weighted by molar-refractivity contribution is 0.112. The summed E-state index contributed by atoms with van der Waals surface area (Å²) in [6.45, 7) is 1.92. The molecule has 0 saturated carbocycles. The van der Waals surface area contributed by atoms with Crippen LogP contribution >= 0.6 is 39.0 Å². The lowest BCUT2D eigenvalue weighted by atomic mass is 10.2. The molecule has 0 amide bonds. The van der Waals surface area contributed by atoms with Crippen molar-refractivity contribution in [2.75, 3.05) is 0 Å². The van der Waals surface area contributed by atoms with Crippen LogP contribution in [0.15, 0.2) is 31.9 Å². The highest BCUT2D eigenvalue weighted by atomic mass is 79.9. The van der Waals surface area contributed by atoms with Crippen LogP contribution < -0.4 is 0 Å². The molecule has 0 aliphatic heterocycles. The van der Waals surface area contributed by atoms with Crippen LogP contribution in [0.25, 0.3) is 0 Å². The lowest BCUT2D eigenvalue weighted by Crippen LogP contribution is -1.81. The van der Waals surface area contributed by atoms with Gasteiger partial charge in [0.15, 0.2) is 4.34 Å². The monoisotopic (exact) mass is 314 g/mol. The SMILES string of the molecule is Cc1nnc(Sc2ccc(C=O)cc2Br)s1. The second-order valence-electron chi connectivity index (χ2n) is 3.00. The summed E-state index contributed by atoms with van der Waals surface area (Å²) in [4.78, 5) is 11.6. The van der Waals surface area contributed by atoms with Crippen LogP contribution in [-0.4, -0.2) is 16.5 Å². The van der Waals surface area contributed by atoms with Crippen molar-refractivity contribution in [3.05, 3.63) is 33.2 Å². The fourth-order valence-corrected chi connectivity index (χ4v) is 3.50. The van der Waals surface area contributed by atoms with Gasteiger partial charge in [0, 0.05) is 14.9 Å². The van der Waals surface area contributed by atoms with E-state index in [1.54, 1.807) is 23.5 Å². The molecule has 1 heterocycles. The Hall–Kier alpha value is -0.720. The normalized spacial score (nSPS) is 10.4. The number of carbonyl (C=O) groups excluding carboxylic acids is 1. The molecule has 0 bridgehead atoms. The van der Waals surface area contributed by atoms with Gasteiger partial charge in [-0.2, -0.15) is 0 Å². The van der Waals surface area contributed by atoms with Crippen LogP contribution in [0.5, 0.6) is 0 Å². The Morgan fingerprint density at radius 1 is 1.44 bits per heavy atom. The predicted octanol–water partition coefficient (Wildman–Crippen LogP) is 3.57. The molecule has 6 heteroatoms. The largest absolute Gasteiger partial charge is 0.298 e. The average molecular weight is 315 g/mol. The zero-order chi connectivity index (χ0) is 11.5. The Morgan fingerprint density at radius 3 is 2.81 bits per heavy atom. The minimum Gasteiger partial charge on any atom is -0.298 e. The molecule has 1 aromatic carbocycles. The van der Waals surface area contributed by atoms with Crippen molar-refractivity contribution in [3.63, 3.8) is 0 Å². The Bertz CT molecular complexity index is 527. The molecule has 2 rings (SSSR count). The van der Waals surface area contributed by atoms with Crippen LogP contribution in [0.4, 0.5) is 0 Å². The standard InChI is InChI=1S/C10H7BrN2OS2/c1-6-12-13-10(15-6)16-9-3-2-7(5-14)4-8(9)11/h2-5H,1H3. The minimum absolute atomic E-state index is 0.657. The van der Waals surface area contributed by atoms with Crippen LogP contribution in [0, 0.1) is 6.92 Å². The Labute approximate surface area is 109 Å². The first-order chi connectivity index (χ1) is 7.69. The van der Waals surface area contributed by atoms with Gasteiger partial charge in [-0.25, -0.2) is 0 Å². The van der Waals surface area contributed by atoms with Gasteiger partial charge in [0.25, 0.3) is 0 Å². The van der Waals surface area contributed by atoms with Crippen LogP contribution in [0.1, 0.15) is 15.4 Å². The van der Waals surface area contributed by atoms with E-state index < -0.39 is 0 Å². The molecule has 1 aromatic heterocycles. The van der Waals surface area contributed by atoms with E-state index in [2.05, 4.69) is 26.1 Å². The first-order valence-electron chi connectivity index (χ1n) is 4.42. The molecule has 0 atom stereocenters. The van der Waals surface area contributed by atoms with Gasteiger partial charge in [-0.1, -0.05) is 29.2 Å². The number of aldehydes is 1. The van der Waals surface area contributed by atoms with Crippen molar-refractivity contribution in [1.82, 2.24) is 10.2 Å². The summed E-state index contributed by atoms with van der Waals surface area (Å²) in [5.74, 6) is 0. The fourth-order valence-electron chi connectivity index (χ4n) is 1.09. The summed E-state index contributed by atoms with van der Waals surface area (Å²) in [5, 5.41) is 8.94. The number of halogens is 1. The second kappa shape index (κ2) is 5.07. The molecule has 16 heavy (non-hydrogen) atoms. The van der Waals surface area contributed by atoms with Gasteiger partial charge >= 0.3 is 0 Å². The minimum atomic E-state index is 0.657. The van der Waals surface area contributed by atoms with E-state index in [9.17, 15) is 4.79 Å². The summed E-state index contributed by atoms with van der Waals surface area (Å²) in [7, 11) is 0. The van der Waals surface area contributed by atoms with Crippen molar-refractivity contribution < 1.29 is 4.79 Å². The Morgan fingerprint density at radius 2 is 2.25 bits per heavy atom. The molecule has 0 aliphatic rings. The lowest BCUT2D eigenvalue weighted by Gasteiger charge is -2.01. The maximum atomic E-state index is 10.6. The van der Waals surface area contributed by atoms with Crippen LogP contribution in [0.2, 0.25) is 0 Å². The molecular weight excluding hydrogens is 308 g/mol. The molecule has 0 N–H and O–H groups in total. The molecule has 0 unspecified atom stereocenters. The van der Waals surface area contributed by atoms with E-state index in [4.69, 9.17) is 0 Å². The smallest absolute Gasteiger partial charge is 0.179 e. The average Bonchev–Trinajstić information content (AvgIpc) is 2.67. The zero-order valence-electron chi connectivity index (χ0n) is 8.31. The van der Waals surface area contributed by atoms with Gasteiger partial charge in [-0.3, -0.25) is 4.79 Å². The fraction of sp³-hybridized carbons (Fsp3) is 0.100. The van der Waals surface area contributed by atoms with E-state index in [1.165, 1.54) is 11.8 Å². The topological polar surface area (TPSA) is 42.9 Å². The van der Waals surface area contributed by atoms with Gasteiger partial charge in [0.2, 0.25) is 0 Å². The number of rotatable bonds is 3.